The molecule has 8 nitrogen and oxygen atoms in total. The molecule has 0 aliphatic carbocycles. The van der Waals surface area contributed by atoms with Gasteiger partial charge in [0.1, 0.15) is 29.5 Å². The molecule has 1 saturated heterocycles. The minimum atomic E-state index is -1.87. The number of β-lactam (4-membered cyclic amide) rings is 1. The van der Waals surface area contributed by atoms with Gasteiger partial charge in [-0.3, -0.25) is 19.3 Å². The monoisotopic (exact) mass is 574 g/mol. The number of carbonyl (C=O) groups is 4. The van der Waals surface area contributed by atoms with Crippen LogP contribution in [0.3, 0.4) is 0 Å². The van der Waals surface area contributed by atoms with E-state index in [1.165, 1.54) is 13.8 Å². The topological polar surface area (TPSA) is 102 Å². The quantitative estimate of drug-likeness (QED) is 0.155. The molecular formula is C19H18Cl4N2O6S2. The molecule has 1 aliphatic heterocycles. The zero-order valence-corrected chi connectivity index (χ0v) is 21.8. The third-order valence-corrected chi connectivity index (χ3v) is 6.97. The van der Waals surface area contributed by atoms with Crippen LogP contribution in [0.5, 0.6) is 5.75 Å². The number of halogens is 4. The summed E-state index contributed by atoms with van der Waals surface area (Å²) in [6.45, 7) is 1.79. The summed E-state index contributed by atoms with van der Waals surface area (Å²) < 4.78 is 8.46. The van der Waals surface area contributed by atoms with Crippen molar-refractivity contribution < 1.29 is 28.7 Å². The number of carbonyl (C=O) groups excluding carboxylic acids is 4. The van der Waals surface area contributed by atoms with Crippen molar-refractivity contribution in [2.24, 2.45) is 0 Å². The molecule has 14 heteroatoms. The Bertz CT molecular complexity index is 938. The first-order chi connectivity index (χ1) is 15.4. The van der Waals surface area contributed by atoms with Crippen LogP contribution in [-0.2, 0) is 23.9 Å². The van der Waals surface area contributed by atoms with Gasteiger partial charge in [-0.15, -0.1) is 0 Å². The molecule has 0 aromatic heterocycles. The molecule has 1 aromatic rings. The summed E-state index contributed by atoms with van der Waals surface area (Å²) >= 11 is 22.9. The number of rotatable bonds is 9. The highest BCUT2D eigenvalue weighted by Crippen LogP contribution is 2.41. The SMILES string of the molecule is CC(=O)SSC1C(NC(=O)COc2ccccc2)C(=O)N1/C(C(=O)OCC(Cl)(Cl)Cl)=C(/C)Cl. The Kier molecular flexibility index (Phi) is 10.5. The molecule has 0 radical (unpaired) electrons. The summed E-state index contributed by atoms with van der Waals surface area (Å²) in [5, 5.41) is 1.40. The molecule has 2 amide bonds. The van der Waals surface area contributed by atoms with E-state index in [9.17, 15) is 19.2 Å². The number of hydrogen-bond acceptors (Lipinski definition) is 8. The number of nitrogens with one attached hydrogen (secondary N) is 1. The summed E-state index contributed by atoms with van der Waals surface area (Å²) in [5.74, 6) is -1.72. The Hall–Kier alpha value is -1.30. The number of esters is 1. The van der Waals surface area contributed by atoms with E-state index in [0.29, 0.717) is 5.75 Å². The largest absolute Gasteiger partial charge is 0.484 e. The van der Waals surface area contributed by atoms with Gasteiger partial charge in [-0.1, -0.05) is 75.4 Å². The van der Waals surface area contributed by atoms with E-state index in [0.717, 1.165) is 26.5 Å². The average Bonchev–Trinajstić information content (AvgIpc) is 2.74. The fraction of sp³-hybridized carbons (Fsp3) is 0.368. The van der Waals surface area contributed by atoms with Crippen LogP contribution in [0.15, 0.2) is 41.1 Å². The van der Waals surface area contributed by atoms with E-state index in [-0.39, 0.29) is 22.5 Å². The number of likely N-dealkylation sites (tertiary alicyclic amines) is 1. The Morgan fingerprint density at radius 2 is 1.79 bits per heavy atom. The van der Waals surface area contributed by atoms with Gasteiger partial charge in [0.05, 0.1) is 0 Å². The lowest BCUT2D eigenvalue weighted by Crippen LogP contribution is -2.69. The molecule has 1 heterocycles. The molecule has 0 saturated carbocycles. The molecule has 2 unspecified atom stereocenters. The van der Waals surface area contributed by atoms with Gasteiger partial charge in [-0.25, -0.2) is 4.79 Å². The molecule has 1 N–H and O–H groups in total. The van der Waals surface area contributed by atoms with Gasteiger partial charge in [0.25, 0.3) is 11.8 Å². The van der Waals surface area contributed by atoms with E-state index >= 15 is 0 Å². The maximum absolute atomic E-state index is 12.9. The smallest absolute Gasteiger partial charge is 0.356 e. The van der Waals surface area contributed by atoms with Crippen LogP contribution in [0.1, 0.15) is 13.8 Å². The number of hydrogen-bond donors (Lipinski definition) is 1. The Labute approximate surface area is 218 Å². The van der Waals surface area contributed by atoms with Crippen molar-refractivity contribution in [2.75, 3.05) is 13.2 Å². The molecule has 33 heavy (non-hydrogen) atoms. The van der Waals surface area contributed by atoms with Crippen molar-refractivity contribution in [3.05, 3.63) is 41.1 Å². The second-order valence-electron chi connectivity index (χ2n) is 6.49. The van der Waals surface area contributed by atoms with E-state index in [1.54, 1.807) is 30.3 Å². The van der Waals surface area contributed by atoms with Crippen LogP contribution in [-0.4, -0.2) is 56.2 Å². The van der Waals surface area contributed by atoms with Gasteiger partial charge < -0.3 is 14.8 Å². The standard InChI is InChI=1S/C19H18Cl4N2O6S2/c1-10(20)15(18(29)31-9-19(21,22)23)25-16(28)14(17(25)33-32-11(2)26)24-13(27)8-30-12-6-4-3-5-7-12/h3-7,14,17H,8-9H2,1-2H3,(H,24,27)/b15-10-. The van der Waals surface area contributed by atoms with Crippen molar-refractivity contribution >= 4 is 90.9 Å². The summed E-state index contributed by atoms with van der Waals surface area (Å²) in [4.78, 5) is 50.3. The van der Waals surface area contributed by atoms with E-state index in [2.05, 4.69) is 5.32 Å². The lowest BCUT2D eigenvalue weighted by atomic mass is 10.1. The lowest BCUT2D eigenvalue weighted by molar-refractivity contribution is -0.152. The Balaban J connectivity index is 2.13. The van der Waals surface area contributed by atoms with Crippen LogP contribution in [0.4, 0.5) is 0 Å². The van der Waals surface area contributed by atoms with Crippen molar-refractivity contribution in [1.29, 1.82) is 0 Å². The molecular weight excluding hydrogens is 558 g/mol. The number of allylic oxidation sites excluding steroid dienone is 1. The molecule has 1 aromatic carbocycles. The predicted octanol–water partition coefficient (Wildman–Crippen LogP) is 4.03. The molecule has 0 bridgehead atoms. The van der Waals surface area contributed by atoms with Crippen LogP contribution < -0.4 is 10.1 Å². The van der Waals surface area contributed by atoms with Crippen LogP contribution >= 0.6 is 68.0 Å². The maximum atomic E-state index is 12.9. The normalized spacial score (nSPS) is 18.7. The van der Waals surface area contributed by atoms with E-state index in [4.69, 9.17) is 55.9 Å². The maximum Gasteiger partial charge on any atom is 0.356 e. The van der Waals surface area contributed by atoms with Crippen LogP contribution in [0.25, 0.3) is 0 Å². The zero-order valence-electron chi connectivity index (χ0n) is 17.2. The molecule has 1 aliphatic rings. The minimum absolute atomic E-state index is 0.0618. The summed E-state index contributed by atoms with van der Waals surface area (Å²) in [7, 11) is 1.81. The second kappa shape index (κ2) is 12.4. The van der Waals surface area contributed by atoms with Gasteiger partial charge in [0, 0.05) is 12.0 Å². The second-order valence-corrected chi connectivity index (χ2v) is 12.1. The fourth-order valence-electron chi connectivity index (χ4n) is 2.55. The third-order valence-electron chi connectivity index (χ3n) is 3.86. The summed E-state index contributed by atoms with van der Waals surface area (Å²) in [6.07, 6.45) is 0. The molecule has 2 rings (SSSR count). The number of amides is 2. The lowest BCUT2D eigenvalue weighted by Gasteiger charge is -2.46. The minimum Gasteiger partial charge on any atom is -0.484 e. The first-order valence-corrected chi connectivity index (χ1v) is 12.9. The van der Waals surface area contributed by atoms with Crippen molar-refractivity contribution in [3.63, 3.8) is 0 Å². The highest BCUT2D eigenvalue weighted by Gasteiger charge is 2.53. The van der Waals surface area contributed by atoms with Gasteiger partial charge in [-0.2, -0.15) is 0 Å². The first kappa shape index (κ1) is 27.9. The van der Waals surface area contributed by atoms with Crippen LogP contribution in [0.2, 0.25) is 0 Å². The molecule has 180 valence electrons. The van der Waals surface area contributed by atoms with Crippen molar-refractivity contribution in [3.8, 4) is 5.75 Å². The average molecular weight is 576 g/mol. The number of alkyl halides is 3. The number of ether oxygens (including phenoxy) is 2. The van der Waals surface area contributed by atoms with Crippen molar-refractivity contribution in [1.82, 2.24) is 10.2 Å². The van der Waals surface area contributed by atoms with Gasteiger partial charge in [0.2, 0.25) is 3.79 Å². The summed E-state index contributed by atoms with van der Waals surface area (Å²) in [6, 6.07) is 7.60. The van der Waals surface area contributed by atoms with Gasteiger partial charge in [-0.05, 0) is 29.9 Å². The Morgan fingerprint density at radius 1 is 1.15 bits per heavy atom. The van der Waals surface area contributed by atoms with Crippen LogP contribution in [0, 0.1) is 0 Å². The van der Waals surface area contributed by atoms with E-state index < -0.39 is 39.6 Å². The number of para-hydroxylation sites is 1. The van der Waals surface area contributed by atoms with Gasteiger partial charge in [0.15, 0.2) is 11.7 Å². The number of nitrogens with zero attached hydrogens (tertiary/aromatic N) is 1. The Morgan fingerprint density at radius 3 is 2.33 bits per heavy atom. The van der Waals surface area contributed by atoms with Crippen molar-refractivity contribution in [2.45, 2.75) is 29.1 Å². The molecule has 0 spiro atoms. The predicted molar refractivity (Wildman–Crippen MR) is 130 cm³/mol. The number of benzene rings is 1. The highest BCUT2D eigenvalue weighted by atomic mass is 35.6. The van der Waals surface area contributed by atoms with E-state index in [1.807, 2.05) is 0 Å². The summed E-state index contributed by atoms with van der Waals surface area (Å²) in [5.41, 5.74) is -0.288. The highest BCUT2D eigenvalue weighted by molar-refractivity contribution is 8.82. The first-order valence-electron chi connectivity index (χ1n) is 9.15. The zero-order chi connectivity index (χ0) is 24.8. The van der Waals surface area contributed by atoms with Gasteiger partial charge >= 0.3 is 5.97 Å². The fourth-order valence-corrected chi connectivity index (χ4v) is 5.00. The molecule has 2 atom stereocenters. The third kappa shape index (κ3) is 8.45. The molecule has 1 fully saturated rings.